The summed E-state index contributed by atoms with van der Waals surface area (Å²) in [5.74, 6) is -1.78. The van der Waals surface area contributed by atoms with Crippen molar-refractivity contribution < 1.29 is 38.9 Å². The van der Waals surface area contributed by atoms with Crippen LogP contribution in [0.3, 0.4) is 0 Å². The number of oxime groups is 1. The molecule has 1 aliphatic rings. The molecule has 3 N–H and O–H groups in total. The van der Waals surface area contributed by atoms with Crippen molar-refractivity contribution >= 4 is 24.1 Å². The molecule has 198 valence electrons. The van der Waals surface area contributed by atoms with E-state index in [0.29, 0.717) is 12.0 Å². The Labute approximate surface area is 215 Å². The Hall–Kier alpha value is -4.18. The molecule has 1 aromatic rings. The van der Waals surface area contributed by atoms with Crippen LogP contribution >= 0.6 is 0 Å². The molecule has 1 heterocycles. The number of nitrogens with zero attached hydrogens (tertiary/aromatic N) is 1. The number of allylic oxidation sites excluding steroid dienone is 2. The summed E-state index contributed by atoms with van der Waals surface area (Å²) in [4.78, 5) is 40.7. The molecule has 0 aromatic heterocycles. The molecule has 0 bridgehead atoms. The lowest BCUT2D eigenvalue weighted by Gasteiger charge is -2.20. The Morgan fingerprint density at radius 1 is 1.35 bits per heavy atom. The summed E-state index contributed by atoms with van der Waals surface area (Å²) >= 11 is 0. The molecule has 0 spiro atoms. The van der Waals surface area contributed by atoms with E-state index in [-0.39, 0.29) is 24.2 Å². The number of fused-ring (bicyclic) bond motifs is 1. The van der Waals surface area contributed by atoms with Crippen LogP contribution in [0.4, 0.5) is 0 Å². The number of hydrogen-bond acceptors (Lipinski definition) is 9. The number of phenols is 1. The number of cyclic esters (lactones) is 1. The van der Waals surface area contributed by atoms with Gasteiger partial charge in [0.1, 0.15) is 30.6 Å². The van der Waals surface area contributed by atoms with Gasteiger partial charge in [0.15, 0.2) is 0 Å². The summed E-state index contributed by atoms with van der Waals surface area (Å²) in [5.41, 5.74) is 1.61. The third-order valence-corrected chi connectivity index (χ3v) is 5.19. The van der Waals surface area contributed by atoms with Crippen LogP contribution in [0, 0.1) is 0 Å². The highest BCUT2D eigenvalue weighted by Gasteiger charge is 2.24. The third-order valence-electron chi connectivity index (χ3n) is 5.19. The number of nitrogens with one attached hydrogen (secondary N) is 1. The van der Waals surface area contributed by atoms with E-state index in [1.807, 2.05) is 13.0 Å². The summed E-state index contributed by atoms with van der Waals surface area (Å²) in [6, 6.07) is 4.87. The maximum Gasteiger partial charge on any atom is 0.343 e. The van der Waals surface area contributed by atoms with Crippen molar-refractivity contribution in [1.82, 2.24) is 5.32 Å². The van der Waals surface area contributed by atoms with E-state index in [0.717, 1.165) is 5.57 Å². The number of carbonyl (C=O) groups is 3. The Bertz CT molecular complexity index is 1100. The number of aliphatic hydroxyl groups is 1. The van der Waals surface area contributed by atoms with Crippen molar-refractivity contribution in [3.8, 4) is 5.75 Å². The van der Waals surface area contributed by atoms with Crippen LogP contribution in [0.1, 0.15) is 42.6 Å². The largest absolute Gasteiger partial charge is 0.507 e. The Morgan fingerprint density at radius 3 is 2.89 bits per heavy atom. The molecule has 2 rings (SSSR count). The van der Waals surface area contributed by atoms with E-state index in [1.165, 1.54) is 43.8 Å². The van der Waals surface area contributed by atoms with Gasteiger partial charge in [0.2, 0.25) is 5.91 Å². The highest BCUT2D eigenvalue weighted by atomic mass is 16.6. The van der Waals surface area contributed by atoms with Crippen molar-refractivity contribution in [2.24, 2.45) is 5.16 Å². The van der Waals surface area contributed by atoms with Crippen LogP contribution in [0.2, 0.25) is 0 Å². The van der Waals surface area contributed by atoms with Crippen molar-refractivity contribution in [1.29, 1.82) is 0 Å². The molecule has 0 saturated heterocycles. The normalized spacial score (nSPS) is 19.1. The number of hydrogen-bond donors (Lipinski definition) is 3. The van der Waals surface area contributed by atoms with Gasteiger partial charge in [0.05, 0.1) is 18.7 Å². The molecule has 0 unspecified atom stereocenters. The van der Waals surface area contributed by atoms with Crippen LogP contribution in [0.25, 0.3) is 0 Å². The first-order chi connectivity index (χ1) is 17.7. The highest BCUT2D eigenvalue weighted by molar-refractivity contribution is 5.94. The second-order valence-electron chi connectivity index (χ2n) is 8.17. The standard InChI is InChI=1S/C27H32N2O8/c1-18-11-13-20-7-4-9-22(31)26(20)27(34)37-23(18)14-12-19(2)36-25(33)17-21(30)8-5-15-28-24(32)10-6-16-29-35-3/h4-7,9-12,14-16,19,21,23,30-31H,8,13,17H2,1-3H3,(H,28,32)/b10-6+,14-12+,15-5+,18-11-,29-16+/t19-,21-,23-/m0/s1. The van der Waals surface area contributed by atoms with Gasteiger partial charge in [-0.3, -0.25) is 9.59 Å². The van der Waals surface area contributed by atoms with E-state index >= 15 is 0 Å². The van der Waals surface area contributed by atoms with Gasteiger partial charge in [-0.15, -0.1) is 0 Å². The van der Waals surface area contributed by atoms with Crippen LogP contribution < -0.4 is 5.32 Å². The molecule has 0 saturated carbocycles. The highest BCUT2D eigenvalue weighted by Crippen LogP contribution is 2.27. The number of aromatic hydroxyl groups is 1. The van der Waals surface area contributed by atoms with Crippen molar-refractivity contribution in [3.63, 3.8) is 0 Å². The monoisotopic (exact) mass is 512 g/mol. The molecule has 3 atom stereocenters. The first kappa shape index (κ1) is 29.1. The third kappa shape index (κ3) is 10.1. The molecule has 10 heteroatoms. The minimum Gasteiger partial charge on any atom is -0.507 e. The molecule has 1 aromatic carbocycles. The Balaban J connectivity index is 1.81. The number of phenolic OH excluding ortho intramolecular Hbond substituents is 1. The van der Waals surface area contributed by atoms with Gasteiger partial charge < -0.3 is 29.8 Å². The minimum atomic E-state index is -0.995. The molecular weight excluding hydrogens is 480 g/mol. The quantitative estimate of drug-likeness (QED) is 0.135. The van der Waals surface area contributed by atoms with Gasteiger partial charge in [-0.25, -0.2) is 4.79 Å². The summed E-state index contributed by atoms with van der Waals surface area (Å²) in [7, 11) is 1.38. The number of esters is 2. The molecule has 0 aliphatic carbocycles. The predicted molar refractivity (Wildman–Crippen MR) is 137 cm³/mol. The van der Waals surface area contributed by atoms with E-state index in [2.05, 4.69) is 15.3 Å². The van der Waals surface area contributed by atoms with Crippen molar-refractivity contribution in [3.05, 3.63) is 77.6 Å². The number of ether oxygens (including phenoxy) is 2. The van der Waals surface area contributed by atoms with E-state index < -0.39 is 36.2 Å². The molecule has 1 amide bonds. The Morgan fingerprint density at radius 2 is 2.14 bits per heavy atom. The van der Waals surface area contributed by atoms with Gasteiger partial charge in [-0.1, -0.05) is 29.4 Å². The van der Waals surface area contributed by atoms with Gasteiger partial charge in [0.25, 0.3) is 0 Å². The fourth-order valence-corrected chi connectivity index (χ4v) is 3.31. The maximum atomic E-state index is 12.6. The van der Waals surface area contributed by atoms with Gasteiger partial charge in [-0.2, -0.15) is 0 Å². The second kappa shape index (κ2) is 15.0. The van der Waals surface area contributed by atoms with Crippen molar-refractivity contribution in [2.45, 2.75) is 51.4 Å². The smallest absolute Gasteiger partial charge is 0.343 e. The van der Waals surface area contributed by atoms with E-state index in [1.54, 1.807) is 31.2 Å². The fraction of sp³-hybridized carbons (Fsp3) is 0.333. The second-order valence-corrected chi connectivity index (χ2v) is 8.17. The lowest BCUT2D eigenvalue weighted by atomic mass is 9.99. The molecule has 0 fully saturated rings. The van der Waals surface area contributed by atoms with Gasteiger partial charge in [-0.05, 0) is 62.1 Å². The molecule has 10 nitrogen and oxygen atoms in total. The zero-order valence-electron chi connectivity index (χ0n) is 21.0. The predicted octanol–water partition coefficient (Wildman–Crippen LogP) is 2.87. The molecule has 37 heavy (non-hydrogen) atoms. The lowest BCUT2D eigenvalue weighted by Crippen LogP contribution is -2.22. The van der Waals surface area contributed by atoms with Crippen LogP contribution in [0.15, 0.2) is 71.6 Å². The van der Waals surface area contributed by atoms with Crippen LogP contribution in [-0.4, -0.2) is 59.7 Å². The van der Waals surface area contributed by atoms with Gasteiger partial charge >= 0.3 is 11.9 Å². The van der Waals surface area contributed by atoms with E-state index in [9.17, 15) is 24.6 Å². The molecule has 0 radical (unpaired) electrons. The fourth-order valence-electron chi connectivity index (χ4n) is 3.31. The molecular formula is C27H32N2O8. The van der Waals surface area contributed by atoms with Crippen LogP contribution in [-0.2, 0) is 30.3 Å². The number of benzene rings is 1. The molecule has 1 aliphatic heterocycles. The van der Waals surface area contributed by atoms with Gasteiger partial charge in [0, 0.05) is 12.3 Å². The Kier molecular flexibility index (Phi) is 11.8. The minimum absolute atomic E-state index is 0.130. The first-order valence-electron chi connectivity index (χ1n) is 11.6. The number of carbonyl (C=O) groups excluding carboxylic acids is 3. The van der Waals surface area contributed by atoms with Crippen molar-refractivity contribution in [2.75, 3.05) is 7.11 Å². The SMILES string of the molecule is CO/N=C/C=C/C(=O)N/C=C/C[C@H](O)CC(=O)O[C@@H](C)/C=C/[C@@H]1OC(=O)c2c(O)cccc2C/C=C\1C. The lowest BCUT2D eigenvalue weighted by molar-refractivity contribution is -0.148. The maximum absolute atomic E-state index is 12.6. The zero-order chi connectivity index (χ0) is 27.2. The summed E-state index contributed by atoms with van der Waals surface area (Å²) in [5, 5.41) is 26.0. The van der Waals surface area contributed by atoms with E-state index in [4.69, 9.17) is 9.47 Å². The summed E-state index contributed by atoms with van der Waals surface area (Å²) in [6.07, 6.45) is 9.99. The summed E-state index contributed by atoms with van der Waals surface area (Å²) < 4.78 is 10.8. The number of amides is 1. The number of rotatable bonds is 11. The topological polar surface area (TPSA) is 144 Å². The number of aliphatic hydroxyl groups excluding tert-OH is 1. The average Bonchev–Trinajstić information content (AvgIpc) is 2.84. The zero-order valence-corrected chi connectivity index (χ0v) is 21.0. The van der Waals surface area contributed by atoms with Crippen LogP contribution in [0.5, 0.6) is 5.75 Å². The summed E-state index contributed by atoms with van der Waals surface area (Å²) in [6.45, 7) is 3.47. The average molecular weight is 513 g/mol. The first-order valence-corrected chi connectivity index (χ1v) is 11.6.